The highest BCUT2D eigenvalue weighted by Gasteiger charge is 2.66. The number of imide groups is 1. The van der Waals surface area contributed by atoms with Gasteiger partial charge in [0, 0.05) is 28.0 Å². The second-order valence-electron chi connectivity index (χ2n) is 10.2. The number of carbonyl (C=O) groups is 3. The molecular weight excluding hydrogens is 492 g/mol. The van der Waals surface area contributed by atoms with Gasteiger partial charge in [0.15, 0.2) is 5.72 Å². The largest absolute Gasteiger partial charge is 0.506 e. The first kappa shape index (κ1) is 21.5. The van der Waals surface area contributed by atoms with Crippen molar-refractivity contribution in [3.8, 4) is 5.75 Å². The van der Waals surface area contributed by atoms with Gasteiger partial charge in [-0.05, 0) is 25.1 Å². The van der Waals surface area contributed by atoms with E-state index in [9.17, 15) is 24.6 Å². The minimum atomic E-state index is -2.13. The zero-order valence-electron chi connectivity index (χ0n) is 20.2. The monoisotopic (exact) mass is 512 g/mol. The first-order valence-corrected chi connectivity index (χ1v) is 12.0. The van der Waals surface area contributed by atoms with Gasteiger partial charge in [-0.3, -0.25) is 14.9 Å². The van der Waals surface area contributed by atoms with E-state index in [1.54, 1.807) is 17.6 Å². The standard InChI is InChI=1S/C27H20N4O7/c1-26-27(36,25(35)37-2)9-14(38-26)30-11-6-4-3-5-10(11)15-18-19(24(34)29-23(18)33)17-16-12(7-8-13(32)20(16)28)31(26)22(17)21(15)30/h3-8,14,32,36H,9,28H2,1-2H3,(H,29,33,34)/t14-,26+,27-/m1/s1. The first-order chi connectivity index (χ1) is 18.1. The number of nitrogens with zero attached hydrogens (tertiary/aromatic N) is 2. The summed E-state index contributed by atoms with van der Waals surface area (Å²) in [5, 5.41) is 26.9. The fraction of sp³-hybridized carbons (Fsp3) is 0.222. The molecule has 3 aromatic carbocycles. The quantitative estimate of drug-likeness (QED) is 0.115. The van der Waals surface area contributed by atoms with Gasteiger partial charge < -0.3 is 34.6 Å². The molecule has 3 aliphatic rings. The van der Waals surface area contributed by atoms with Crippen molar-refractivity contribution in [3.05, 3.63) is 47.5 Å². The Hall–Kier alpha value is -4.61. The first-order valence-electron chi connectivity index (χ1n) is 12.0. The Kier molecular flexibility index (Phi) is 3.54. The summed E-state index contributed by atoms with van der Waals surface area (Å²) in [7, 11) is 1.19. The number of para-hydroxylation sites is 1. The Balaban J connectivity index is 1.77. The highest BCUT2D eigenvalue weighted by molar-refractivity contribution is 6.40. The number of amides is 2. The van der Waals surface area contributed by atoms with Gasteiger partial charge >= 0.3 is 5.97 Å². The van der Waals surface area contributed by atoms with Crippen LogP contribution in [0.25, 0.3) is 43.6 Å². The van der Waals surface area contributed by atoms with Crippen molar-refractivity contribution in [1.82, 2.24) is 14.5 Å². The summed E-state index contributed by atoms with van der Waals surface area (Å²) in [5.74, 6) is -2.24. The Labute approximate surface area is 212 Å². The van der Waals surface area contributed by atoms with Crippen molar-refractivity contribution in [2.75, 3.05) is 12.8 Å². The Morgan fingerprint density at radius 3 is 2.53 bits per heavy atom. The number of aliphatic hydroxyl groups is 1. The van der Waals surface area contributed by atoms with E-state index in [0.717, 1.165) is 0 Å². The molecule has 8 rings (SSSR count). The van der Waals surface area contributed by atoms with Gasteiger partial charge in [-0.15, -0.1) is 0 Å². The lowest BCUT2D eigenvalue weighted by atomic mass is 9.88. The van der Waals surface area contributed by atoms with E-state index < -0.39 is 35.3 Å². The summed E-state index contributed by atoms with van der Waals surface area (Å²) in [4.78, 5) is 39.8. The molecule has 11 heteroatoms. The van der Waals surface area contributed by atoms with Crippen molar-refractivity contribution in [2.45, 2.75) is 30.9 Å². The number of benzene rings is 3. The molecule has 2 aromatic heterocycles. The lowest BCUT2D eigenvalue weighted by molar-refractivity contribution is -0.202. The number of carbonyl (C=O) groups excluding carboxylic acids is 3. The molecule has 0 saturated carbocycles. The second kappa shape index (κ2) is 6.26. The second-order valence-corrected chi connectivity index (χ2v) is 10.2. The molecule has 1 fully saturated rings. The Morgan fingerprint density at radius 1 is 1.08 bits per heavy atom. The number of methoxy groups -OCH3 is 1. The van der Waals surface area contributed by atoms with Crippen molar-refractivity contribution >= 4 is 67.1 Å². The van der Waals surface area contributed by atoms with Crippen molar-refractivity contribution in [2.24, 2.45) is 0 Å². The normalized spacial score (nSPS) is 25.6. The molecule has 1 saturated heterocycles. The smallest absolute Gasteiger partial charge is 0.343 e. The lowest BCUT2D eigenvalue weighted by Crippen LogP contribution is -2.56. The number of phenols is 1. The molecule has 38 heavy (non-hydrogen) atoms. The summed E-state index contributed by atoms with van der Waals surface area (Å²) in [6.45, 7) is 1.59. The van der Waals surface area contributed by atoms with E-state index in [-0.39, 0.29) is 29.0 Å². The number of rotatable bonds is 1. The van der Waals surface area contributed by atoms with E-state index in [2.05, 4.69) is 5.32 Å². The molecule has 0 aliphatic carbocycles. The molecule has 5 heterocycles. The maximum atomic E-state index is 13.3. The molecule has 0 radical (unpaired) electrons. The van der Waals surface area contributed by atoms with Crippen molar-refractivity contribution in [3.63, 3.8) is 0 Å². The predicted octanol–water partition coefficient (Wildman–Crippen LogP) is 2.58. The number of esters is 1. The van der Waals surface area contributed by atoms with Crippen molar-refractivity contribution in [1.29, 1.82) is 0 Å². The van der Waals surface area contributed by atoms with E-state index in [0.29, 0.717) is 43.6 Å². The zero-order valence-corrected chi connectivity index (χ0v) is 20.2. The number of aromatic hydroxyl groups is 1. The highest BCUT2D eigenvalue weighted by atomic mass is 16.6. The fourth-order valence-electron chi connectivity index (χ4n) is 6.96. The number of nitrogens with one attached hydrogen (secondary N) is 1. The molecule has 11 nitrogen and oxygen atoms in total. The summed E-state index contributed by atoms with van der Waals surface area (Å²) in [5.41, 5.74) is 5.02. The number of aromatic nitrogens is 2. The zero-order chi connectivity index (χ0) is 26.5. The summed E-state index contributed by atoms with van der Waals surface area (Å²) >= 11 is 0. The van der Waals surface area contributed by atoms with E-state index in [1.807, 2.05) is 28.8 Å². The Morgan fingerprint density at radius 2 is 1.79 bits per heavy atom. The number of hydrogen-bond donors (Lipinski definition) is 4. The fourth-order valence-corrected chi connectivity index (χ4v) is 6.96. The van der Waals surface area contributed by atoms with Gasteiger partial charge in [0.05, 0.1) is 46.0 Å². The van der Waals surface area contributed by atoms with Crippen LogP contribution >= 0.6 is 0 Å². The van der Waals surface area contributed by atoms with Crippen LogP contribution in [-0.4, -0.2) is 49.8 Å². The maximum absolute atomic E-state index is 13.3. The molecule has 190 valence electrons. The average molecular weight is 512 g/mol. The third kappa shape index (κ3) is 2.00. The summed E-state index contributed by atoms with van der Waals surface area (Å²) in [6.07, 6.45) is -0.960. The molecule has 0 spiro atoms. The molecule has 5 N–H and O–H groups in total. The highest BCUT2D eigenvalue weighted by Crippen LogP contribution is 2.58. The van der Waals surface area contributed by atoms with Crippen LogP contribution in [0.1, 0.15) is 40.3 Å². The molecule has 0 unspecified atom stereocenters. The number of hydrogen-bond acceptors (Lipinski definition) is 8. The summed E-state index contributed by atoms with van der Waals surface area (Å²) in [6, 6.07) is 10.4. The van der Waals surface area contributed by atoms with Crippen LogP contribution in [0.3, 0.4) is 0 Å². The number of fused-ring (bicyclic) bond motifs is 13. The van der Waals surface area contributed by atoms with Crippen LogP contribution in [0.5, 0.6) is 5.75 Å². The van der Waals surface area contributed by atoms with Crippen LogP contribution in [0.2, 0.25) is 0 Å². The third-order valence-corrected chi connectivity index (χ3v) is 8.56. The number of phenolic OH excluding ortho intramolecular Hbond substituents is 1. The molecular formula is C27H20N4O7. The van der Waals surface area contributed by atoms with Gasteiger partial charge in [-0.25, -0.2) is 4.79 Å². The van der Waals surface area contributed by atoms with E-state index >= 15 is 0 Å². The molecule has 2 amide bonds. The lowest BCUT2D eigenvalue weighted by Gasteiger charge is -2.37. The van der Waals surface area contributed by atoms with Crippen LogP contribution in [0.15, 0.2) is 36.4 Å². The minimum absolute atomic E-state index is 0.0112. The van der Waals surface area contributed by atoms with Gasteiger partial charge in [-0.2, -0.15) is 0 Å². The average Bonchev–Trinajstić information content (AvgIpc) is 3.56. The molecule has 2 bridgehead atoms. The van der Waals surface area contributed by atoms with Crippen LogP contribution in [0, 0.1) is 0 Å². The number of anilines is 1. The molecule has 3 aliphatic heterocycles. The number of ether oxygens (including phenoxy) is 2. The van der Waals surface area contributed by atoms with Gasteiger partial charge in [0.1, 0.15) is 12.0 Å². The van der Waals surface area contributed by atoms with Gasteiger partial charge in [0.25, 0.3) is 11.8 Å². The van der Waals surface area contributed by atoms with Crippen LogP contribution in [-0.2, 0) is 20.0 Å². The van der Waals surface area contributed by atoms with Crippen LogP contribution < -0.4 is 11.1 Å². The maximum Gasteiger partial charge on any atom is 0.343 e. The minimum Gasteiger partial charge on any atom is -0.506 e. The number of nitrogens with two attached hydrogens (primary N) is 1. The number of nitrogen functional groups attached to an aromatic ring is 1. The predicted molar refractivity (Wildman–Crippen MR) is 136 cm³/mol. The molecule has 5 aromatic rings. The van der Waals surface area contributed by atoms with E-state index in [4.69, 9.17) is 15.2 Å². The third-order valence-electron chi connectivity index (χ3n) is 8.56. The molecule has 3 atom stereocenters. The van der Waals surface area contributed by atoms with Crippen molar-refractivity contribution < 1.29 is 34.1 Å². The topological polar surface area (TPSA) is 158 Å². The Bertz CT molecular complexity index is 2020. The van der Waals surface area contributed by atoms with Gasteiger partial charge in [0.2, 0.25) is 5.60 Å². The van der Waals surface area contributed by atoms with Crippen LogP contribution in [0.4, 0.5) is 5.69 Å². The SMILES string of the molecule is COC(=O)[C@]1(O)C[C@H]2O[C@]1(C)n1c3ccc(O)c(N)c3c3c4c(c5c6ccccc6n2c5c31)C(=O)NC4=O. The summed E-state index contributed by atoms with van der Waals surface area (Å²) < 4.78 is 15.2. The van der Waals surface area contributed by atoms with E-state index in [1.165, 1.54) is 13.2 Å². The van der Waals surface area contributed by atoms with Gasteiger partial charge in [-0.1, -0.05) is 18.2 Å².